The standard InChI is InChI=1S/C16H21N3O/c1-2-8-17-14(16-18-9-10-19-16)13-7-3-5-12-6-4-11-20-15(12)13/h3,5,7,9-10,14,17H,2,4,6,8,11H2,1H3,(H,18,19). The fourth-order valence-corrected chi connectivity index (χ4v) is 2.72. The van der Waals surface area contributed by atoms with Gasteiger partial charge in [0, 0.05) is 18.0 Å². The molecule has 0 fully saturated rings. The lowest BCUT2D eigenvalue weighted by atomic mass is 9.97. The molecule has 1 unspecified atom stereocenters. The number of aryl methyl sites for hydroxylation is 1. The number of hydrogen-bond donors (Lipinski definition) is 2. The third-order valence-electron chi connectivity index (χ3n) is 3.67. The maximum absolute atomic E-state index is 5.93. The van der Waals surface area contributed by atoms with Crippen molar-refractivity contribution in [2.75, 3.05) is 13.2 Å². The molecule has 4 heteroatoms. The Morgan fingerprint density at radius 3 is 3.20 bits per heavy atom. The average Bonchev–Trinajstić information content (AvgIpc) is 3.02. The van der Waals surface area contributed by atoms with E-state index in [1.165, 1.54) is 11.1 Å². The molecule has 0 amide bonds. The zero-order valence-corrected chi connectivity index (χ0v) is 11.9. The van der Waals surface area contributed by atoms with Crippen molar-refractivity contribution in [1.82, 2.24) is 15.3 Å². The lowest BCUT2D eigenvalue weighted by Gasteiger charge is -2.25. The van der Waals surface area contributed by atoms with Crippen molar-refractivity contribution in [3.63, 3.8) is 0 Å². The van der Waals surface area contributed by atoms with Gasteiger partial charge in [0.15, 0.2) is 0 Å². The maximum Gasteiger partial charge on any atom is 0.127 e. The molecule has 20 heavy (non-hydrogen) atoms. The maximum atomic E-state index is 5.93. The van der Waals surface area contributed by atoms with E-state index in [0.717, 1.165) is 44.0 Å². The van der Waals surface area contributed by atoms with E-state index >= 15 is 0 Å². The number of nitrogens with zero attached hydrogens (tertiary/aromatic N) is 1. The van der Waals surface area contributed by atoms with Crippen molar-refractivity contribution in [3.05, 3.63) is 47.5 Å². The lowest BCUT2D eigenvalue weighted by Crippen LogP contribution is -2.25. The average molecular weight is 271 g/mol. The molecule has 3 rings (SSSR count). The van der Waals surface area contributed by atoms with E-state index < -0.39 is 0 Å². The minimum Gasteiger partial charge on any atom is -0.493 e. The van der Waals surface area contributed by atoms with Crippen molar-refractivity contribution in [2.45, 2.75) is 32.2 Å². The number of fused-ring (bicyclic) bond motifs is 1. The molecule has 1 atom stereocenters. The number of nitrogens with one attached hydrogen (secondary N) is 2. The molecule has 106 valence electrons. The van der Waals surface area contributed by atoms with Crippen LogP contribution >= 0.6 is 0 Å². The number of aromatic nitrogens is 2. The van der Waals surface area contributed by atoms with Crippen molar-refractivity contribution in [1.29, 1.82) is 0 Å². The van der Waals surface area contributed by atoms with Crippen LogP contribution in [0.1, 0.15) is 42.8 Å². The summed E-state index contributed by atoms with van der Waals surface area (Å²) in [6, 6.07) is 6.49. The van der Waals surface area contributed by atoms with Crippen LogP contribution in [-0.2, 0) is 6.42 Å². The highest BCUT2D eigenvalue weighted by Crippen LogP contribution is 2.34. The minimum atomic E-state index is 0.0676. The molecule has 1 aliphatic heterocycles. The number of benzene rings is 1. The van der Waals surface area contributed by atoms with E-state index in [0.29, 0.717) is 0 Å². The Kier molecular flexibility index (Phi) is 4.02. The third-order valence-corrected chi connectivity index (χ3v) is 3.67. The first-order valence-corrected chi connectivity index (χ1v) is 7.37. The van der Waals surface area contributed by atoms with Crippen LogP contribution in [0.15, 0.2) is 30.6 Å². The van der Waals surface area contributed by atoms with Crippen LogP contribution in [0.5, 0.6) is 5.75 Å². The van der Waals surface area contributed by atoms with Crippen LogP contribution in [0.25, 0.3) is 0 Å². The summed E-state index contributed by atoms with van der Waals surface area (Å²) in [6.45, 7) is 3.93. The normalized spacial score (nSPS) is 15.4. The molecular weight excluding hydrogens is 250 g/mol. The van der Waals surface area contributed by atoms with E-state index in [1.807, 2.05) is 6.20 Å². The Hall–Kier alpha value is -1.81. The Bertz CT molecular complexity index is 551. The molecule has 1 aliphatic rings. The second kappa shape index (κ2) is 6.09. The summed E-state index contributed by atoms with van der Waals surface area (Å²) in [5, 5.41) is 3.56. The zero-order valence-electron chi connectivity index (χ0n) is 11.9. The second-order valence-corrected chi connectivity index (χ2v) is 5.15. The van der Waals surface area contributed by atoms with Crippen LogP contribution < -0.4 is 10.1 Å². The summed E-state index contributed by atoms with van der Waals surface area (Å²) < 4.78 is 5.93. The summed E-state index contributed by atoms with van der Waals surface area (Å²) in [7, 11) is 0. The summed E-state index contributed by atoms with van der Waals surface area (Å²) in [6.07, 6.45) is 6.96. The number of para-hydroxylation sites is 1. The molecule has 4 nitrogen and oxygen atoms in total. The summed E-state index contributed by atoms with van der Waals surface area (Å²) in [5.74, 6) is 1.99. The van der Waals surface area contributed by atoms with Gasteiger partial charge >= 0.3 is 0 Å². The van der Waals surface area contributed by atoms with Gasteiger partial charge in [-0.15, -0.1) is 0 Å². The first-order chi connectivity index (χ1) is 9.90. The summed E-state index contributed by atoms with van der Waals surface area (Å²) in [4.78, 5) is 7.64. The zero-order chi connectivity index (χ0) is 13.8. The summed E-state index contributed by atoms with van der Waals surface area (Å²) >= 11 is 0. The van der Waals surface area contributed by atoms with Gasteiger partial charge in [-0.25, -0.2) is 4.98 Å². The highest BCUT2D eigenvalue weighted by Gasteiger charge is 2.23. The van der Waals surface area contributed by atoms with Gasteiger partial charge in [-0.05, 0) is 31.4 Å². The molecule has 0 aliphatic carbocycles. The highest BCUT2D eigenvalue weighted by molar-refractivity contribution is 5.46. The van der Waals surface area contributed by atoms with E-state index in [9.17, 15) is 0 Å². The first-order valence-electron chi connectivity index (χ1n) is 7.37. The van der Waals surface area contributed by atoms with Crippen molar-refractivity contribution in [3.8, 4) is 5.75 Å². The lowest BCUT2D eigenvalue weighted by molar-refractivity contribution is 0.282. The number of imidazole rings is 1. The predicted octanol–water partition coefficient (Wildman–Crippen LogP) is 2.82. The first kappa shape index (κ1) is 13.2. The van der Waals surface area contributed by atoms with Gasteiger partial charge in [-0.2, -0.15) is 0 Å². The SMILES string of the molecule is CCCNC(c1ncc[nH]1)c1cccc2c1OCCC2. The number of rotatable bonds is 5. The van der Waals surface area contributed by atoms with Gasteiger partial charge in [0.25, 0.3) is 0 Å². The van der Waals surface area contributed by atoms with Gasteiger partial charge in [0.1, 0.15) is 11.6 Å². The van der Waals surface area contributed by atoms with Gasteiger partial charge in [0.2, 0.25) is 0 Å². The predicted molar refractivity (Wildman–Crippen MR) is 79.0 cm³/mol. The fourth-order valence-electron chi connectivity index (χ4n) is 2.72. The molecule has 1 aromatic carbocycles. The Labute approximate surface area is 119 Å². The van der Waals surface area contributed by atoms with Crippen molar-refractivity contribution in [2.24, 2.45) is 0 Å². The van der Waals surface area contributed by atoms with Gasteiger partial charge in [0.05, 0.1) is 12.6 Å². The van der Waals surface area contributed by atoms with Crippen LogP contribution in [0, 0.1) is 0 Å². The molecule has 0 saturated carbocycles. The van der Waals surface area contributed by atoms with Crippen molar-refractivity contribution < 1.29 is 4.74 Å². The monoisotopic (exact) mass is 271 g/mol. The minimum absolute atomic E-state index is 0.0676. The van der Waals surface area contributed by atoms with Crippen LogP contribution in [0.2, 0.25) is 0 Å². The van der Waals surface area contributed by atoms with Gasteiger partial charge in [-0.3, -0.25) is 0 Å². The Morgan fingerprint density at radius 2 is 2.40 bits per heavy atom. The van der Waals surface area contributed by atoms with Crippen LogP contribution in [0.3, 0.4) is 0 Å². The molecule has 0 spiro atoms. The molecule has 2 heterocycles. The highest BCUT2D eigenvalue weighted by atomic mass is 16.5. The van der Waals surface area contributed by atoms with Crippen LogP contribution in [-0.4, -0.2) is 23.1 Å². The molecule has 2 aromatic rings. The molecule has 1 aromatic heterocycles. The second-order valence-electron chi connectivity index (χ2n) is 5.15. The van der Waals surface area contributed by atoms with Gasteiger partial charge in [-0.1, -0.05) is 25.1 Å². The molecule has 0 saturated heterocycles. The molecular formula is C16H21N3O. The topological polar surface area (TPSA) is 49.9 Å². The molecule has 0 radical (unpaired) electrons. The number of aromatic amines is 1. The van der Waals surface area contributed by atoms with E-state index in [2.05, 4.69) is 40.4 Å². The van der Waals surface area contributed by atoms with Gasteiger partial charge < -0.3 is 15.0 Å². The van der Waals surface area contributed by atoms with Crippen LogP contribution in [0.4, 0.5) is 0 Å². The largest absolute Gasteiger partial charge is 0.493 e. The number of ether oxygens (including phenoxy) is 1. The van der Waals surface area contributed by atoms with Crippen molar-refractivity contribution >= 4 is 0 Å². The Balaban J connectivity index is 1.98. The quantitative estimate of drug-likeness (QED) is 0.879. The van der Waals surface area contributed by atoms with E-state index in [1.54, 1.807) is 6.20 Å². The molecule has 0 bridgehead atoms. The van der Waals surface area contributed by atoms with E-state index in [4.69, 9.17) is 4.74 Å². The summed E-state index contributed by atoms with van der Waals surface area (Å²) in [5.41, 5.74) is 2.49. The molecule has 2 N–H and O–H groups in total. The number of H-pyrrole nitrogens is 1. The fraction of sp³-hybridized carbons (Fsp3) is 0.438. The third kappa shape index (κ3) is 2.56. The smallest absolute Gasteiger partial charge is 0.127 e. The van der Waals surface area contributed by atoms with E-state index in [-0.39, 0.29) is 6.04 Å². The number of hydrogen-bond acceptors (Lipinski definition) is 3. The Morgan fingerprint density at radius 1 is 1.45 bits per heavy atom.